The Morgan fingerprint density at radius 2 is 2.04 bits per heavy atom. The average Bonchev–Trinajstić information content (AvgIpc) is 3.21. The maximum absolute atomic E-state index is 11.8. The molecular formula is C16H16N4O2S. The van der Waals surface area contributed by atoms with Gasteiger partial charge in [0.15, 0.2) is 0 Å². The lowest BCUT2D eigenvalue weighted by atomic mass is 10.3. The van der Waals surface area contributed by atoms with Crippen molar-refractivity contribution in [2.75, 3.05) is 6.54 Å². The number of carbonyl (C=O) groups is 2. The summed E-state index contributed by atoms with van der Waals surface area (Å²) in [7, 11) is 0. The number of benzene rings is 1. The molecule has 0 fully saturated rings. The van der Waals surface area contributed by atoms with E-state index in [1.54, 1.807) is 11.4 Å². The van der Waals surface area contributed by atoms with Gasteiger partial charge < -0.3 is 15.6 Å². The molecule has 7 heteroatoms. The van der Waals surface area contributed by atoms with Gasteiger partial charge in [0.25, 0.3) is 5.91 Å². The monoisotopic (exact) mass is 328 g/mol. The summed E-state index contributed by atoms with van der Waals surface area (Å²) in [5.41, 5.74) is 2.44. The zero-order valence-corrected chi connectivity index (χ0v) is 13.2. The molecule has 0 saturated carbocycles. The smallest absolute Gasteiger partial charge is 0.252 e. The maximum Gasteiger partial charge on any atom is 0.252 e. The fraction of sp³-hybridized carbons (Fsp3) is 0.188. The van der Waals surface area contributed by atoms with Gasteiger partial charge in [0.2, 0.25) is 5.91 Å². The van der Waals surface area contributed by atoms with Gasteiger partial charge in [-0.05, 0) is 23.6 Å². The Hall–Kier alpha value is -2.67. The van der Waals surface area contributed by atoms with Crippen molar-refractivity contribution in [3.05, 3.63) is 52.5 Å². The fourth-order valence-electron chi connectivity index (χ4n) is 2.15. The molecule has 118 valence electrons. The molecule has 23 heavy (non-hydrogen) atoms. The number of para-hydroxylation sites is 2. The van der Waals surface area contributed by atoms with E-state index in [9.17, 15) is 9.59 Å². The highest BCUT2D eigenvalue weighted by atomic mass is 32.1. The van der Waals surface area contributed by atoms with E-state index >= 15 is 0 Å². The Morgan fingerprint density at radius 3 is 2.83 bits per heavy atom. The van der Waals surface area contributed by atoms with Gasteiger partial charge >= 0.3 is 0 Å². The van der Waals surface area contributed by atoms with Gasteiger partial charge in [0.1, 0.15) is 5.82 Å². The second-order valence-corrected chi connectivity index (χ2v) is 5.78. The van der Waals surface area contributed by atoms with Crippen LogP contribution in [0.15, 0.2) is 41.1 Å². The van der Waals surface area contributed by atoms with Crippen molar-refractivity contribution >= 4 is 34.2 Å². The quantitative estimate of drug-likeness (QED) is 0.647. The van der Waals surface area contributed by atoms with E-state index in [4.69, 9.17) is 0 Å². The number of thiophene rings is 1. The molecule has 0 unspecified atom stereocenters. The Bertz CT molecular complexity index is 777. The topological polar surface area (TPSA) is 86.9 Å². The van der Waals surface area contributed by atoms with Crippen LogP contribution >= 0.6 is 11.3 Å². The molecule has 6 nitrogen and oxygen atoms in total. The summed E-state index contributed by atoms with van der Waals surface area (Å²) >= 11 is 1.46. The first-order chi connectivity index (χ1) is 11.2. The third kappa shape index (κ3) is 3.95. The van der Waals surface area contributed by atoms with Crippen LogP contribution in [0.5, 0.6) is 0 Å². The Labute approximate surface area is 136 Å². The van der Waals surface area contributed by atoms with Crippen LogP contribution in [-0.4, -0.2) is 28.3 Å². The largest absolute Gasteiger partial charge is 0.351 e. The van der Waals surface area contributed by atoms with E-state index in [0.717, 1.165) is 11.0 Å². The third-order valence-corrected chi connectivity index (χ3v) is 4.00. The molecule has 0 saturated heterocycles. The fourth-order valence-corrected chi connectivity index (χ4v) is 2.78. The predicted molar refractivity (Wildman–Crippen MR) is 89.2 cm³/mol. The maximum atomic E-state index is 11.8. The Morgan fingerprint density at radius 1 is 1.17 bits per heavy atom. The number of nitrogens with one attached hydrogen (secondary N) is 3. The standard InChI is InChI=1S/C16H16N4O2S/c21-15(5-7-17-16(22)11-6-8-23-10-11)18-9-14-19-12-3-1-2-4-13(12)20-14/h1-4,6,8,10H,5,7,9H2,(H,17,22)(H,18,21)(H,19,20). The van der Waals surface area contributed by atoms with Gasteiger partial charge in [-0.2, -0.15) is 11.3 Å². The van der Waals surface area contributed by atoms with Crippen LogP contribution in [0.1, 0.15) is 22.6 Å². The number of aromatic nitrogens is 2. The minimum atomic E-state index is -0.156. The second kappa shape index (κ2) is 7.06. The van der Waals surface area contributed by atoms with E-state index in [2.05, 4.69) is 20.6 Å². The summed E-state index contributed by atoms with van der Waals surface area (Å²) in [5.74, 6) is 0.425. The normalized spacial score (nSPS) is 10.6. The Balaban J connectivity index is 1.42. The number of amides is 2. The summed E-state index contributed by atoms with van der Waals surface area (Å²) in [6, 6.07) is 9.45. The van der Waals surface area contributed by atoms with E-state index < -0.39 is 0 Å². The van der Waals surface area contributed by atoms with Gasteiger partial charge in [-0.25, -0.2) is 4.98 Å². The van der Waals surface area contributed by atoms with Crippen LogP contribution in [0.4, 0.5) is 0 Å². The summed E-state index contributed by atoms with van der Waals surface area (Å²) in [4.78, 5) is 31.0. The van der Waals surface area contributed by atoms with E-state index in [1.165, 1.54) is 11.3 Å². The zero-order valence-electron chi connectivity index (χ0n) is 12.3. The van der Waals surface area contributed by atoms with Crippen LogP contribution in [-0.2, 0) is 11.3 Å². The second-order valence-electron chi connectivity index (χ2n) is 5.00. The number of hydrogen-bond acceptors (Lipinski definition) is 4. The van der Waals surface area contributed by atoms with Crippen molar-refractivity contribution < 1.29 is 9.59 Å². The van der Waals surface area contributed by atoms with Crippen molar-refractivity contribution in [1.29, 1.82) is 0 Å². The number of hydrogen-bond donors (Lipinski definition) is 3. The minimum absolute atomic E-state index is 0.129. The lowest BCUT2D eigenvalue weighted by molar-refractivity contribution is -0.121. The summed E-state index contributed by atoms with van der Waals surface area (Å²) in [6.07, 6.45) is 0.232. The van der Waals surface area contributed by atoms with Crippen molar-refractivity contribution in [3.8, 4) is 0 Å². The zero-order chi connectivity index (χ0) is 16.1. The molecular weight excluding hydrogens is 312 g/mol. The van der Waals surface area contributed by atoms with Crippen molar-refractivity contribution in [2.24, 2.45) is 0 Å². The first kappa shape index (κ1) is 15.2. The summed E-state index contributed by atoms with van der Waals surface area (Å²) in [6.45, 7) is 0.645. The highest BCUT2D eigenvalue weighted by Crippen LogP contribution is 2.09. The molecule has 0 radical (unpaired) electrons. The lowest BCUT2D eigenvalue weighted by Gasteiger charge is -2.05. The van der Waals surface area contributed by atoms with E-state index in [0.29, 0.717) is 24.5 Å². The van der Waals surface area contributed by atoms with Crippen LogP contribution in [0.25, 0.3) is 11.0 Å². The van der Waals surface area contributed by atoms with Crippen LogP contribution < -0.4 is 10.6 Å². The molecule has 1 aromatic carbocycles. The molecule has 2 heterocycles. The molecule has 2 aromatic heterocycles. The SMILES string of the molecule is O=C(CCNC(=O)c1ccsc1)NCc1nc2ccccc2[nH]1. The molecule has 2 amide bonds. The number of imidazole rings is 1. The van der Waals surface area contributed by atoms with Gasteiger partial charge in [-0.3, -0.25) is 9.59 Å². The minimum Gasteiger partial charge on any atom is -0.351 e. The first-order valence-electron chi connectivity index (χ1n) is 7.23. The molecule has 0 bridgehead atoms. The van der Waals surface area contributed by atoms with Crippen LogP contribution in [0, 0.1) is 0 Å². The number of carbonyl (C=O) groups excluding carboxylic acids is 2. The average molecular weight is 328 g/mol. The van der Waals surface area contributed by atoms with Crippen molar-refractivity contribution in [1.82, 2.24) is 20.6 Å². The molecule has 3 N–H and O–H groups in total. The Kier molecular flexibility index (Phi) is 4.68. The number of rotatable bonds is 6. The number of H-pyrrole nitrogens is 1. The number of fused-ring (bicyclic) bond motifs is 1. The highest BCUT2D eigenvalue weighted by molar-refractivity contribution is 7.08. The van der Waals surface area contributed by atoms with E-state index in [-0.39, 0.29) is 18.2 Å². The molecule has 0 aliphatic carbocycles. The highest BCUT2D eigenvalue weighted by Gasteiger charge is 2.08. The molecule has 0 aliphatic rings. The number of nitrogens with zero attached hydrogens (tertiary/aromatic N) is 1. The third-order valence-electron chi connectivity index (χ3n) is 3.31. The van der Waals surface area contributed by atoms with E-state index in [1.807, 2.05) is 29.6 Å². The lowest BCUT2D eigenvalue weighted by Crippen LogP contribution is -2.30. The molecule has 0 atom stereocenters. The molecule has 3 aromatic rings. The number of aromatic amines is 1. The van der Waals surface area contributed by atoms with Crippen molar-refractivity contribution in [2.45, 2.75) is 13.0 Å². The summed E-state index contributed by atoms with van der Waals surface area (Å²) in [5, 5.41) is 9.12. The van der Waals surface area contributed by atoms with Crippen LogP contribution in [0.3, 0.4) is 0 Å². The van der Waals surface area contributed by atoms with Crippen molar-refractivity contribution in [3.63, 3.8) is 0 Å². The predicted octanol–water partition coefficient (Wildman–Crippen LogP) is 2.06. The molecule has 0 aliphatic heterocycles. The summed E-state index contributed by atoms with van der Waals surface area (Å²) < 4.78 is 0. The molecule has 3 rings (SSSR count). The molecule has 0 spiro atoms. The first-order valence-corrected chi connectivity index (χ1v) is 8.17. The van der Waals surface area contributed by atoms with Crippen LogP contribution in [0.2, 0.25) is 0 Å². The van der Waals surface area contributed by atoms with Gasteiger partial charge in [0.05, 0.1) is 17.6 Å². The van der Waals surface area contributed by atoms with Gasteiger partial charge in [-0.1, -0.05) is 12.1 Å². The van der Waals surface area contributed by atoms with Gasteiger partial charge in [-0.15, -0.1) is 0 Å². The van der Waals surface area contributed by atoms with Gasteiger partial charge in [0, 0.05) is 23.9 Å².